The topological polar surface area (TPSA) is 50.4 Å². The molecule has 4 nitrogen and oxygen atoms in total. The zero-order valence-corrected chi connectivity index (χ0v) is 13.9. The smallest absolute Gasteiger partial charge is 0.257 e. The minimum Gasteiger partial charge on any atom is -0.484 e. The van der Waals surface area contributed by atoms with Crippen LogP contribution in [0, 0.1) is 6.92 Å². The highest BCUT2D eigenvalue weighted by atomic mass is 35.5. The third-order valence-electron chi connectivity index (χ3n) is 3.28. The first-order valence-electron chi connectivity index (χ1n) is 7.60. The molecule has 0 unspecified atom stereocenters. The minimum atomic E-state index is -0.127. The summed E-state index contributed by atoms with van der Waals surface area (Å²) in [7, 11) is 0. The van der Waals surface area contributed by atoms with E-state index in [9.17, 15) is 4.79 Å². The van der Waals surface area contributed by atoms with Crippen molar-refractivity contribution in [2.45, 2.75) is 13.3 Å². The van der Waals surface area contributed by atoms with Gasteiger partial charge in [0.2, 0.25) is 0 Å². The van der Waals surface area contributed by atoms with Gasteiger partial charge >= 0.3 is 0 Å². The lowest BCUT2D eigenvalue weighted by atomic mass is 10.2. The molecule has 0 atom stereocenters. The van der Waals surface area contributed by atoms with Gasteiger partial charge in [-0.3, -0.25) is 4.79 Å². The quantitative estimate of drug-likeness (QED) is 0.725. The second kappa shape index (κ2) is 9.06. The van der Waals surface area contributed by atoms with Gasteiger partial charge in [-0.05, 0) is 49.2 Å². The summed E-state index contributed by atoms with van der Waals surface area (Å²) in [5, 5.41) is 6.82. The summed E-state index contributed by atoms with van der Waals surface area (Å²) in [6.45, 7) is 3.32. The molecule has 0 saturated heterocycles. The first kappa shape index (κ1) is 17.2. The second-order valence-corrected chi connectivity index (χ2v) is 5.60. The maximum Gasteiger partial charge on any atom is 0.257 e. The Morgan fingerprint density at radius 3 is 2.65 bits per heavy atom. The van der Waals surface area contributed by atoms with E-state index in [0.717, 1.165) is 24.2 Å². The van der Waals surface area contributed by atoms with E-state index < -0.39 is 0 Å². The van der Waals surface area contributed by atoms with Crippen LogP contribution in [0.2, 0.25) is 5.02 Å². The van der Waals surface area contributed by atoms with Gasteiger partial charge in [-0.2, -0.15) is 0 Å². The molecule has 2 N–H and O–H groups in total. The lowest BCUT2D eigenvalue weighted by Crippen LogP contribution is -2.30. The minimum absolute atomic E-state index is 0.00713. The van der Waals surface area contributed by atoms with Crippen molar-refractivity contribution >= 4 is 23.2 Å². The van der Waals surface area contributed by atoms with Crippen molar-refractivity contribution in [1.29, 1.82) is 0 Å². The molecule has 0 bridgehead atoms. The van der Waals surface area contributed by atoms with Gasteiger partial charge in [-0.1, -0.05) is 29.8 Å². The standard InChI is InChI=1S/C18H21ClN2O2/c1-14-12-16(8-9-17(14)19)23-13-18(22)21-11-5-10-20-15-6-3-2-4-7-15/h2-4,6-9,12,20H,5,10-11,13H2,1H3,(H,21,22). The van der Waals surface area contributed by atoms with Crippen molar-refractivity contribution in [3.63, 3.8) is 0 Å². The van der Waals surface area contributed by atoms with Gasteiger partial charge in [-0.15, -0.1) is 0 Å². The van der Waals surface area contributed by atoms with Crippen LogP contribution in [0.25, 0.3) is 0 Å². The van der Waals surface area contributed by atoms with Crippen molar-refractivity contribution < 1.29 is 9.53 Å². The maximum absolute atomic E-state index is 11.7. The summed E-state index contributed by atoms with van der Waals surface area (Å²) >= 11 is 5.95. The van der Waals surface area contributed by atoms with E-state index in [1.54, 1.807) is 12.1 Å². The predicted molar refractivity (Wildman–Crippen MR) is 94.2 cm³/mol. The molecule has 0 aliphatic heterocycles. The van der Waals surface area contributed by atoms with Gasteiger partial charge in [0.1, 0.15) is 5.75 Å². The van der Waals surface area contributed by atoms with E-state index in [-0.39, 0.29) is 12.5 Å². The Morgan fingerprint density at radius 1 is 1.13 bits per heavy atom. The number of para-hydroxylation sites is 1. The number of nitrogens with one attached hydrogen (secondary N) is 2. The van der Waals surface area contributed by atoms with E-state index in [4.69, 9.17) is 16.3 Å². The van der Waals surface area contributed by atoms with Gasteiger partial charge in [0.05, 0.1) is 0 Å². The van der Waals surface area contributed by atoms with Crippen LogP contribution in [0.5, 0.6) is 5.75 Å². The monoisotopic (exact) mass is 332 g/mol. The highest BCUT2D eigenvalue weighted by Gasteiger charge is 2.03. The number of hydrogen-bond donors (Lipinski definition) is 2. The average molecular weight is 333 g/mol. The van der Waals surface area contributed by atoms with Gasteiger partial charge in [0.25, 0.3) is 5.91 Å². The molecule has 0 aliphatic rings. The molecular weight excluding hydrogens is 312 g/mol. The first-order valence-corrected chi connectivity index (χ1v) is 7.97. The SMILES string of the molecule is Cc1cc(OCC(=O)NCCCNc2ccccc2)ccc1Cl. The van der Waals surface area contributed by atoms with Crippen molar-refractivity contribution in [3.8, 4) is 5.75 Å². The third kappa shape index (κ3) is 6.20. The normalized spacial score (nSPS) is 10.2. The van der Waals surface area contributed by atoms with E-state index in [1.165, 1.54) is 0 Å². The molecule has 23 heavy (non-hydrogen) atoms. The predicted octanol–water partition coefficient (Wildman–Crippen LogP) is 3.65. The number of carbonyl (C=O) groups excluding carboxylic acids is 1. The molecule has 2 aromatic rings. The van der Waals surface area contributed by atoms with Crippen LogP contribution in [-0.2, 0) is 4.79 Å². The molecule has 122 valence electrons. The molecule has 0 aliphatic carbocycles. The Kier molecular flexibility index (Phi) is 6.76. The Balaban J connectivity index is 1.59. The van der Waals surface area contributed by atoms with E-state index in [2.05, 4.69) is 10.6 Å². The number of aryl methyl sites for hydroxylation is 1. The average Bonchev–Trinajstić information content (AvgIpc) is 2.56. The molecule has 0 saturated carbocycles. The van der Waals surface area contributed by atoms with Crippen molar-refractivity contribution in [1.82, 2.24) is 5.32 Å². The fourth-order valence-electron chi connectivity index (χ4n) is 2.01. The summed E-state index contributed by atoms with van der Waals surface area (Å²) in [5.41, 5.74) is 2.01. The molecule has 0 radical (unpaired) electrons. The number of amides is 1. The van der Waals surface area contributed by atoms with Crippen LogP contribution < -0.4 is 15.4 Å². The lowest BCUT2D eigenvalue weighted by Gasteiger charge is -2.09. The van der Waals surface area contributed by atoms with Gasteiger partial charge in [0.15, 0.2) is 6.61 Å². The number of anilines is 1. The summed E-state index contributed by atoms with van der Waals surface area (Å²) in [5.74, 6) is 0.519. The second-order valence-electron chi connectivity index (χ2n) is 5.20. The highest BCUT2D eigenvalue weighted by Crippen LogP contribution is 2.20. The summed E-state index contributed by atoms with van der Waals surface area (Å²) in [6.07, 6.45) is 0.848. The van der Waals surface area contributed by atoms with Crippen LogP contribution in [0.1, 0.15) is 12.0 Å². The first-order chi connectivity index (χ1) is 11.1. The maximum atomic E-state index is 11.7. The largest absolute Gasteiger partial charge is 0.484 e. The zero-order valence-electron chi connectivity index (χ0n) is 13.1. The number of ether oxygens (including phenoxy) is 1. The van der Waals surface area contributed by atoms with Crippen LogP contribution in [0.15, 0.2) is 48.5 Å². The molecule has 2 aromatic carbocycles. The van der Waals surface area contributed by atoms with Crippen LogP contribution in [0.3, 0.4) is 0 Å². The number of carbonyl (C=O) groups is 1. The molecule has 0 aromatic heterocycles. The van der Waals surface area contributed by atoms with Crippen LogP contribution >= 0.6 is 11.6 Å². The molecule has 0 spiro atoms. The molecule has 2 rings (SSSR count). The summed E-state index contributed by atoms with van der Waals surface area (Å²) < 4.78 is 5.44. The Hall–Kier alpha value is -2.20. The van der Waals surface area contributed by atoms with Crippen molar-refractivity contribution in [3.05, 3.63) is 59.1 Å². The summed E-state index contributed by atoms with van der Waals surface area (Å²) in [6, 6.07) is 15.3. The van der Waals surface area contributed by atoms with Crippen LogP contribution in [-0.4, -0.2) is 25.6 Å². The Morgan fingerprint density at radius 2 is 1.91 bits per heavy atom. The molecule has 0 heterocycles. The van der Waals surface area contributed by atoms with Crippen molar-refractivity contribution in [2.75, 3.05) is 25.0 Å². The van der Waals surface area contributed by atoms with Gasteiger partial charge < -0.3 is 15.4 Å². The summed E-state index contributed by atoms with van der Waals surface area (Å²) in [4.78, 5) is 11.7. The van der Waals surface area contributed by atoms with E-state index in [1.807, 2.05) is 43.3 Å². The van der Waals surface area contributed by atoms with E-state index in [0.29, 0.717) is 17.3 Å². The Bertz CT molecular complexity index is 632. The fraction of sp³-hybridized carbons (Fsp3) is 0.278. The van der Waals surface area contributed by atoms with Crippen LogP contribution in [0.4, 0.5) is 5.69 Å². The third-order valence-corrected chi connectivity index (χ3v) is 3.70. The number of hydrogen-bond acceptors (Lipinski definition) is 3. The van der Waals surface area contributed by atoms with Gasteiger partial charge in [0, 0.05) is 23.8 Å². The molecule has 1 amide bonds. The van der Waals surface area contributed by atoms with E-state index >= 15 is 0 Å². The number of benzene rings is 2. The molecular formula is C18H21ClN2O2. The molecule has 0 fully saturated rings. The zero-order chi connectivity index (χ0) is 16.5. The number of halogens is 1. The lowest BCUT2D eigenvalue weighted by molar-refractivity contribution is -0.123. The number of rotatable bonds is 8. The molecule has 5 heteroatoms. The fourth-order valence-corrected chi connectivity index (χ4v) is 2.13. The highest BCUT2D eigenvalue weighted by molar-refractivity contribution is 6.31. The Labute approximate surface area is 141 Å². The van der Waals surface area contributed by atoms with Crippen molar-refractivity contribution in [2.24, 2.45) is 0 Å². The van der Waals surface area contributed by atoms with Gasteiger partial charge in [-0.25, -0.2) is 0 Å².